The van der Waals surface area contributed by atoms with Gasteiger partial charge >= 0.3 is 0 Å². The summed E-state index contributed by atoms with van der Waals surface area (Å²) >= 11 is 1.60. The fraction of sp³-hybridized carbons (Fsp3) is 0.231. The van der Waals surface area contributed by atoms with Crippen LogP contribution in [0.25, 0.3) is 0 Å². The van der Waals surface area contributed by atoms with Crippen molar-refractivity contribution in [2.45, 2.75) is 36.1 Å². The Morgan fingerprint density at radius 3 is 2.22 bits per heavy atom. The number of aryl methyl sites for hydroxylation is 1. The normalized spacial score (nSPS) is 11.8. The minimum atomic E-state index is -0.475. The first-order valence-electron chi connectivity index (χ1n) is 10.7. The van der Waals surface area contributed by atoms with Crippen LogP contribution in [0.2, 0.25) is 0 Å². The molecule has 0 bridgehead atoms. The molecule has 0 radical (unpaired) electrons. The van der Waals surface area contributed by atoms with E-state index in [0.717, 1.165) is 33.2 Å². The van der Waals surface area contributed by atoms with Crippen molar-refractivity contribution in [1.82, 2.24) is 4.90 Å². The van der Waals surface area contributed by atoms with Crippen molar-refractivity contribution in [3.8, 4) is 0 Å². The van der Waals surface area contributed by atoms with E-state index in [0.29, 0.717) is 0 Å². The summed E-state index contributed by atoms with van der Waals surface area (Å²) in [6.07, 6.45) is 0.839. The van der Waals surface area contributed by atoms with Crippen molar-refractivity contribution < 1.29 is 9.59 Å². The van der Waals surface area contributed by atoms with Gasteiger partial charge in [-0.15, -0.1) is 0 Å². The van der Waals surface area contributed by atoms with Crippen LogP contribution in [0.15, 0.2) is 88.7 Å². The fourth-order valence-electron chi connectivity index (χ4n) is 3.22. The summed E-state index contributed by atoms with van der Waals surface area (Å²) in [6, 6.07) is 25.1. The predicted octanol–water partition coefficient (Wildman–Crippen LogP) is 5.30. The highest BCUT2D eigenvalue weighted by atomic mass is 32.2. The third-order valence-electron chi connectivity index (χ3n) is 5.22. The maximum Gasteiger partial charge on any atom is 0.241 e. The summed E-state index contributed by atoms with van der Waals surface area (Å²) in [7, 11) is 1.78. The molecule has 0 aliphatic heterocycles. The largest absolute Gasteiger partial charge is 0.325 e. The van der Waals surface area contributed by atoms with Gasteiger partial charge in [-0.1, -0.05) is 67.2 Å². The summed E-state index contributed by atoms with van der Waals surface area (Å²) in [5, 5.41) is 5.98. The Morgan fingerprint density at radius 2 is 1.50 bits per heavy atom. The van der Waals surface area contributed by atoms with Crippen LogP contribution in [-0.2, 0) is 16.0 Å². The number of rotatable bonds is 9. The molecule has 0 fully saturated rings. The standard InChI is InChI=1S/C26H29N3O2S/c1-4-20-12-8-9-15-22(20)27-25(30)18-29(3)19(2)26(31)28-23-16-10-11-17-24(23)32-21-13-6-5-7-14-21/h5-17,19H,4,18H2,1-3H3,(H,27,30)(H,28,31). The van der Waals surface area contributed by atoms with Crippen LogP contribution in [0.5, 0.6) is 0 Å². The highest BCUT2D eigenvalue weighted by Crippen LogP contribution is 2.33. The van der Waals surface area contributed by atoms with E-state index in [4.69, 9.17) is 0 Å². The summed E-state index contributed by atoms with van der Waals surface area (Å²) in [4.78, 5) is 29.3. The second-order valence-electron chi connectivity index (χ2n) is 7.55. The molecule has 3 aromatic rings. The molecule has 1 atom stereocenters. The number of anilines is 2. The van der Waals surface area contributed by atoms with E-state index in [1.807, 2.05) is 78.9 Å². The number of nitrogens with zero attached hydrogens (tertiary/aromatic N) is 1. The number of nitrogens with one attached hydrogen (secondary N) is 2. The van der Waals surface area contributed by atoms with Gasteiger partial charge in [-0.2, -0.15) is 0 Å². The zero-order chi connectivity index (χ0) is 22.9. The number of amides is 2. The molecule has 3 aromatic carbocycles. The van der Waals surface area contributed by atoms with Crippen LogP contribution in [-0.4, -0.2) is 36.3 Å². The number of likely N-dealkylation sites (N-methyl/N-ethyl adjacent to an activating group) is 1. The quantitative estimate of drug-likeness (QED) is 0.467. The first kappa shape index (κ1) is 23.6. The lowest BCUT2D eigenvalue weighted by molar-refractivity contribution is -0.122. The minimum absolute atomic E-state index is 0.118. The molecule has 0 aliphatic rings. The molecular weight excluding hydrogens is 418 g/mol. The van der Waals surface area contributed by atoms with Crippen molar-refractivity contribution in [2.24, 2.45) is 0 Å². The molecular formula is C26H29N3O2S. The third kappa shape index (κ3) is 6.45. The lowest BCUT2D eigenvalue weighted by Crippen LogP contribution is -2.43. The molecule has 0 saturated heterocycles. The van der Waals surface area contributed by atoms with Gasteiger partial charge in [0, 0.05) is 15.5 Å². The number of carbonyl (C=O) groups is 2. The molecule has 2 N–H and O–H groups in total. The average Bonchev–Trinajstić information content (AvgIpc) is 2.80. The fourth-order valence-corrected chi connectivity index (χ4v) is 4.14. The van der Waals surface area contributed by atoms with Gasteiger partial charge in [0.1, 0.15) is 0 Å². The number of benzene rings is 3. The molecule has 0 spiro atoms. The molecule has 32 heavy (non-hydrogen) atoms. The van der Waals surface area contributed by atoms with Gasteiger partial charge in [0.05, 0.1) is 18.3 Å². The number of hydrogen-bond donors (Lipinski definition) is 2. The van der Waals surface area contributed by atoms with E-state index in [1.165, 1.54) is 0 Å². The van der Waals surface area contributed by atoms with Crippen LogP contribution in [0, 0.1) is 0 Å². The van der Waals surface area contributed by atoms with Crippen molar-refractivity contribution in [3.05, 3.63) is 84.4 Å². The topological polar surface area (TPSA) is 61.4 Å². The first-order valence-corrected chi connectivity index (χ1v) is 11.5. The number of para-hydroxylation sites is 2. The Hall–Kier alpha value is -3.09. The maximum absolute atomic E-state index is 12.9. The Balaban J connectivity index is 1.60. The van der Waals surface area contributed by atoms with Gasteiger partial charge in [-0.05, 0) is 56.3 Å². The van der Waals surface area contributed by atoms with E-state index in [-0.39, 0.29) is 18.4 Å². The van der Waals surface area contributed by atoms with E-state index in [1.54, 1.807) is 30.6 Å². The monoisotopic (exact) mass is 447 g/mol. The van der Waals surface area contributed by atoms with Crippen LogP contribution in [0.1, 0.15) is 19.4 Å². The molecule has 3 rings (SSSR count). The minimum Gasteiger partial charge on any atom is -0.325 e. The molecule has 0 heterocycles. The van der Waals surface area contributed by atoms with Gasteiger partial charge in [0.25, 0.3) is 0 Å². The summed E-state index contributed by atoms with van der Waals surface area (Å²) in [6.45, 7) is 3.97. The van der Waals surface area contributed by atoms with Gasteiger partial charge < -0.3 is 10.6 Å². The molecule has 6 heteroatoms. The second-order valence-corrected chi connectivity index (χ2v) is 8.67. The summed E-state index contributed by atoms with van der Waals surface area (Å²) in [5.41, 5.74) is 2.66. The Morgan fingerprint density at radius 1 is 0.875 bits per heavy atom. The highest BCUT2D eigenvalue weighted by Gasteiger charge is 2.21. The van der Waals surface area contributed by atoms with Crippen LogP contribution < -0.4 is 10.6 Å². The van der Waals surface area contributed by atoms with Gasteiger partial charge in [0.2, 0.25) is 11.8 Å². The van der Waals surface area contributed by atoms with Crippen LogP contribution >= 0.6 is 11.8 Å². The van der Waals surface area contributed by atoms with E-state index in [2.05, 4.69) is 17.6 Å². The Kier molecular flexibility index (Phi) is 8.48. The van der Waals surface area contributed by atoms with E-state index in [9.17, 15) is 9.59 Å². The Labute approximate surface area is 194 Å². The molecule has 166 valence electrons. The van der Waals surface area contributed by atoms with Crippen molar-refractivity contribution >= 4 is 35.0 Å². The first-order chi connectivity index (χ1) is 15.5. The van der Waals surface area contributed by atoms with Gasteiger partial charge in [-0.3, -0.25) is 14.5 Å². The van der Waals surface area contributed by atoms with Crippen LogP contribution in [0.3, 0.4) is 0 Å². The summed E-state index contributed by atoms with van der Waals surface area (Å²) < 4.78 is 0. The molecule has 0 saturated carbocycles. The van der Waals surface area contributed by atoms with E-state index >= 15 is 0 Å². The SMILES string of the molecule is CCc1ccccc1NC(=O)CN(C)C(C)C(=O)Nc1ccccc1Sc1ccccc1. The highest BCUT2D eigenvalue weighted by molar-refractivity contribution is 7.99. The van der Waals surface area contributed by atoms with E-state index < -0.39 is 6.04 Å². The lowest BCUT2D eigenvalue weighted by Gasteiger charge is -2.24. The Bertz CT molecular complexity index is 1060. The molecule has 0 aromatic heterocycles. The molecule has 2 amide bonds. The second kappa shape index (κ2) is 11.5. The molecule has 1 unspecified atom stereocenters. The predicted molar refractivity (Wildman–Crippen MR) is 132 cm³/mol. The third-order valence-corrected chi connectivity index (χ3v) is 6.31. The maximum atomic E-state index is 12.9. The average molecular weight is 448 g/mol. The van der Waals surface area contributed by atoms with Crippen molar-refractivity contribution in [3.63, 3.8) is 0 Å². The van der Waals surface area contributed by atoms with Crippen LogP contribution in [0.4, 0.5) is 11.4 Å². The summed E-state index contributed by atoms with van der Waals surface area (Å²) in [5.74, 6) is -0.302. The van der Waals surface area contributed by atoms with Crippen molar-refractivity contribution in [1.29, 1.82) is 0 Å². The number of carbonyl (C=O) groups excluding carboxylic acids is 2. The van der Waals surface area contributed by atoms with Gasteiger partial charge in [-0.25, -0.2) is 0 Å². The molecule has 5 nitrogen and oxygen atoms in total. The molecule has 0 aliphatic carbocycles. The zero-order valence-corrected chi connectivity index (χ0v) is 19.5. The van der Waals surface area contributed by atoms with Gasteiger partial charge in [0.15, 0.2) is 0 Å². The number of hydrogen-bond acceptors (Lipinski definition) is 4. The lowest BCUT2D eigenvalue weighted by atomic mass is 10.1. The van der Waals surface area contributed by atoms with Crippen molar-refractivity contribution in [2.75, 3.05) is 24.2 Å². The zero-order valence-electron chi connectivity index (χ0n) is 18.7. The smallest absolute Gasteiger partial charge is 0.241 e.